The molecule has 0 unspecified atom stereocenters. The van der Waals surface area contributed by atoms with E-state index in [0.717, 1.165) is 25.1 Å². The first-order chi connectivity index (χ1) is 11.3. The van der Waals surface area contributed by atoms with Crippen LogP contribution in [0.4, 0.5) is 0 Å². The predicted octanol–water partition coefficient (Wildman–Crippen LogP) is 2.42. The molecule has 1 saturated carbocycles. The van der Waals surface area contributed by atoms with Crippen molar-refractivity contribution >= 4 is 18.3 Å². The highest BCUT2D eigenvalue weighted by Crippen LogP contribution is 2.37. The van der Waals surface area contributed by atoms with E-state index in [2.05, 4.69) is 22.1 Å². The average molecular weight is 347 g/mol. The first kappa shape index (κ1) is 18.4. The summed E-state index contributed by atoms with van der Waals surface area (Å²) >= 11 is 0. The Balaban J connectivity index is 0.00000208. The lowest BCUT2D eigenvalue weighted by Crippen LogP contribution is -2.37. The average Bonchev–Trinajstić information content (AvgIpc) is 3.44. The summed E-state index contributed by atoms with van der Waals surface area (Å²) < 4.78 is 0. The van der Waals surface area contributed by atoms with Crippen LogP contribution < -0.4 is 5.73 Å². The van der Waals surface area contributed by atoms with Gasteiger partial charge in [0.1, 0.15) is 11.5 Å². The lowest BCUT2D eigenvalue weighted by Gasteiger charge is -2.21. The van der Waals surface area contributed by atoms with E-state index in [0.29, 0.717) is 31.2 Å². The highest BCUT2D eigenvalue weighted by molar-refractivity contribution is 5.92. The quantitative estimate of drug-likeness (QED) is 0.835. The molecule has 6 heteroatoms. The highest BCUT2D eigenvalue weighted by Gasteiger charge is 2.27. The molecule has 1 aliphatic rings. The summed E-state index contributed by atoms with van der Waals surface area (Å²) in [6, 6.07) is 11.8. The maximum Gasteiger partial charge on any atom is 0.272 e. The van der Waals surface area contributed by atoms with Crippen molar-refractivity contribution in [1.82, 2.24) is 14.9 Å². The van der Waals surface area contributed by atoms with E-state index in [1.807, 2.05) is 18.2 Å². The zero-order chi connectivity index (χ0) is 16.1. The number of amides is 1. The van der Waals surface area contributed by atoms with Gasteiger partial charge in [0.2, 0.25) is 0 Å². The number of hydrogen-bond acceptors (Lipinski definition) is 4. The van der Waals surface area contributed by atoms with Gasteiger partial charge in [0.25, 0.3) is 5.91 Å². The molecule has 5 nitrogen and oxygen atoms in total. The van der Waals surface area contributed by atoms with E-state index in [1.54, 1.807) is 17.2 Å². The van der Waals surface area contributed by atoms with Gasteiger partial charge in [0.05, 0.1) is 0 Å². The minimum Gasteiger partial charge on any atom is -0.336 e. The van der Waals surface area contributed by atoms with Gasteiger partial charge in [-0.1, -0.05) is 30.3 Å². The van der Waals surface area contributed by atoms with Gasteiger partial charge in [0, 0.05) is 31.7 Å². The number of nitrogens with two attached hydrogens (primary N) is 1. The van der Waals surface area contributed by atoms with E-state index in [9.17, 15) is 4.79 Å². The van der Waals surface area contributed by atoms with Crippen LogP contribution in [0.25, 0.3) is 0 Å². The first-order valence-electron chi connectivity index (χ1n) is 8.14. The van der Waals surface area contributed by atoms with Crippen LogP contribution in [0.15, 0.2) is 42.6 Å². The maximum atomic E-state index is 12.7. The summed E-state index contributed by atoms with van der Waals surface area (Å²) in [6.45, 7) is 1.62. The van der Waals surface area contributed by atoms with Gasteiger partial charge >= 0.3 is 0 Å². The molecule has 1 aliphatic carbocycles. The van der Waals surface area contributed by atoms with Crippen molar-refractivity contribution in [2.75, 3.05) is 19.6 Å². The number of carbonyl (C=O) groups is 1. The minimum atomic E-state index is -0.0596. The molecule has 128 valence electrons. The first-order valence-corrected chi connectivity index (χ1v) is 8.14. The molecule has 1 aromatic carbocycles. The molecule has 2 aromatic rings. The number of rotatable bonds is 7. The number of nitrogens with zero attached hydrogens (tertiary/aromatic N) is 3. The van der Waals surface area contributed by atoms with Crippen LogP contribution in [0.5, 0.6) is 0 Å². The number of halogens is 1. The van der Waals surface area contributed by atoms with Gasteiger partial charge in [-0.15, -0.1) is 12.4 Å². The van der Waals surface area contributed by atoms with Crippen molar-refractivity contribution in [2.45, 2.75) is 25.2 Å². The van der Waals surface area contributed by atoms with E-state index in [1.165, 1.54) is 5.56 Å². The third-order valence-corrected chi connectivity index (χ3v) is 4.04. The van der Waals surface area contributed by atoms with Crippen molar-refractivity contribution in [3.63, 3.8) is 0 Å². The second kappa shape index (κ2) is 8.76. The fraction of sp³-hybridized carbons (Fsp3) is 0.389. The van der Waals surface area contributed by atoms with Crippen LogP contribution in [0, 0.1) is 0 Å². The van der Waals surface area contributed by atoms with E-state index in [4.69, 9.17) is 5.73 Å². The van der Waals surface area contributed by atoms with Gasteiger partial charge in [-0.25, -0.2) is 9.97 Å². The highest BCUT2D eigenvalue weighted by atomic mass is 35.5. The molecule has 0 atom stereocenters. The second-order valence-electron chi connectivity index (χ2n) is 5.89. The third kappa shape index (κ3) is 4.76. The standard InChI is InChI=1S/C18H22N4O.ClH/c19-10-13-22(12-9-14-4-2-1-3-5-14)18(23)16-8-11-20-17(21-16)15-6-7-15;/h1-5,8,11,15H,6-7,9-10,12-13,19H2;1H. The summed E-state index contributed by atoms with van der Waals surface area (Å²) in [7, 11) is 0. The molecule has 1 heterocycles. The summed E-state index contributed by atoms with van der Waals surface area (Å²) in [6.07, 6.45) is 4.75. The zero-order valence-corrected chi connectivity index (χ0v) is 14.4. The van der Waals surface area contributed by atoms with Crippen LogP contribution in [0.2, 0.25) is 0 Å². The van der Waals surface area contributed by atoms with Crippen LogP contribution in [0.3, 0.4) is 0 Å². The Morgan fingerprint density at radius 3 is 2.58 bits per heavy atom. The van der Waals surface area contributed by atoms with Gasteiger partial charge in [-0.3, -0.25) is 4.79 Å². The molecule has 0 spiro atoms. The zero-order valence-electron chi connectivity index (χ0n) is 13.6. The van der Waals surface area contributed by atoms with Crippen molar-refractivity contribution < 1.29 is 4.79 Å². The SMILES string of the molecule is Cl.NCCN(CCc1ccccc1)C(=O)c1ccnc(C2CC2)n1. The third-order valence-electron chi connectivity index (χ3n) is 4.04. The molecule has 1 amide bonds. The lowest BCUT2D eigenvalue weighted by molar-refractivity contribution is 0.0755. The van der Waals surface area contributed by atoms with Crippen LogP contribution in [-0.2, 0) is 6.42 Å². The van der Waals surface area contributed by atoms with Crippen molar-refractivity contribution in [1.29, 1.82) is 0 Å². The summed E-state index contributed by atoms with van der Waals surface area (Å²) in [5.41, 5.74) is 7.36. The van der Waals surface area contributed by atoms with Crippen molar-refractivity contribution in [3.8, 4) is 0 Å². The Labute approximate surface area is 148 Å². The molecule has 0 aliphatic heterocycles. The fourth-order valence-electron chi connectivity index (χ4n) is 2.57. The normalized spacial score (nSPS) is 13.2. The van der Waals surface area contributed by atoms with E-state index < -0.39 is 0 Å². The fourth-order valence-corrected chi connectivity index (χ4v) is 2.57. The molecule has 2 N–H and O–H groups in total. The summed E-state index contributed by atoms with van der Waals surface area (Å²) in [5.74, 6) is 1.18. The molecule has 0 bridgehead atoms. The Kier molecular flexibility index (Phi) is 6.70. The Morgan fingerprint density at radius 2 is 1.92 bits per heavy atom. The Morgan fingerprint density at radius 1 is 1.17 bits per heavy atom. The predicted molar refractivity (Wildman–Crippen MR) is 96.4 cm³/mol. The molecular formula is C18H23ClN4O. The van der Waals surface area contributed by atoms with Crippen LogP contribution >= 0.6 is 12.4 Å². The summed E-state index contributed by atoms with van der Waals surface area (Å²) in [4.78, 5) is 23.2. The largest absolute Gasteiger partial charge is 0.336 e. The smallest absolute Gasteiger partial charge is 0.272 e. The number of aromatic nitrogens is 2. The Bertz CT molecular complexity index is 661. The van der Waals surface area contributed by atoms with Gasteiger partial charge in [-0.2, -0.15) is 0 Å². The topological polar surface area (TPSA) is 72.1 Å². The molecule has 1 aromatic heterocycles. The van der Waals surface area contributed by atoms with Crippen LogP contribution in [0.1, 0.15) is 40.6 Å². The van der Waals surface area contributed by atoms with Gasteiger partial charge in [-0.05, 0) is 30.9 Å². The molecule has 1 fully saturated rings. The van der Waals surface area contributed by atoms with Gasteiger partial charge in [0.15, 0.2) is 0 Å². The number of benzene rings is 1. The molecule has 24 heavy (non-hydrogen) atoms. The molecular weight excluding hydrogens is 324 g/mol. The molecule has 3 rings (SSSR count). The monoisotopic (exact) mass is 346 g/mol. The molecule has 0 saturated heterocycles. The second-order valence-corrected chi connectivity index (χ2v) is 5.89. The minimum absolute atomic E-state index is 0. The van der Waals surface area contributed by atoms with Gasteiger partial charge < -0.3 is 10.6 Å². The van der Waals surface area contributed by atoms with Crippen LogP contribution in [-0.4, -0.2) is 40.4 Å². The molecule has 0 radical (unpaired) electrons. The Hall–Kier alpha value is -1.98. The maximum absolute atomic E-state index is 12.7. The number of hydrogen-bond donors (Lipinski definition) is 1. The van der Waals surface area contributed by atoms with Crippen molar-refractivity contribution in [3.05, 3.63) is 59.7 Å². The summed E-state index contributed by atoms with van der Waals surface area (Å²) in [5, 5.41) is 0. The lowest BCUT2D eigenvalue weighted by atomic mass is 10.1. The van der Waals surface area contributed by atoms with Crippen molar-refractivity contribution in [2.24, 2.45) is 5.73 Å². The van der Waals surface area contributed by atoms with E-state index >= 15 is 0 Å². The van der Waals surface area contributed by atoms with E-state index in [-0.39, 0.29) is 18.3 Å². The number of carbonyl (C=O) groups excluding carboxylic acids is 1.